The lowest BCUT2D eigenvalue weighted by atomic mass is 9.63. The average Bonchev–Trinajstić information content (AvgIpc) is 2.82. The molecule has 5 unspecified atom stereocenters. The SMILES string of the molecule is CCCCCCC1CCC2CC(c3cc4c(c(F)c3F)CC(CCCC)CC4)CCC2C1. The van der Waals surface area contributed by atoms with Crippen molar-refractivity contribution in [1.82, 2.24) is 0 Å². The topological polar surface area (TPSA) is 0 Å². The number of unbranched alkanes of at least 4 members (excludes halogenated alkanes) is 4. The van der Waals surface area contributed by atoms with Crippen LogP contribution in [0.4, 0.5) is 8.78 Å². The molecule has 0 amide bonds. The van der Waals surface area contributed by atoms with E-state index in [2.05, 4.69) is 19.9 Å². The lowest BCUT2D eigenvalue weighted by Gasteiger charge is -2.42. The van der Waals surface area contributed by atoms with Gasteiger partial charge >= 0.3 is 0 Å². The average molecular weight is 445 g/mol. The van der Waals surface area contributed by atoms with Crippen LogP contribution in [0, 0.1) is 35.3 Å². The van der Waals surface area contributed by atoms with Crippen molar-refractivity contribution >= 4 is 0 Å². The van der Waals surface area contributed by atoms with E-state index in [-0.39, 0.29) is 5.92 Å². The zero-order chi connectivity index (χ0) is 22.5. The van der Waals surface area contributed by atoms with Crippen molar-refractivity contribution in [3.8, 4) is 0 Å². The van der Waals surface area contributed by atoms with Gasteiger partial charge in [-0.05, 0) is 97.6 Å². The summed E-state index contributed by atoms with van der Waals surface area (Å²) in [5.74, 6) is 2.25. The number of fused-ring (bicyclic) bond motifs is 2. The highest BCUT2D eigenvalue weighted by atomic mass is 19.2. The van der Waals surface area contributed by atoms with Gasteiger partial charge < -0.3 is 0 Å². The highest BCUT2D eigenvalue weighted by molar-refractivity contribution is 5.38. The Morgan fingerprint density at radius 1 is 0.750 bits per heavy atom. The molecule has 0 bridgehead atoms. The zero-order valence-corrected chi connectivity index (χ0v) is 20.7. The molecule has 0 heterocycles. The molecule has 32 heavy (non-hydrogen) atoms. The van der Waals surface area contributed by atoms with Gasteiger partial charge in [0.25, 0.3) is 0 Å². The predicted molar refractivity (Wildman–Crippen MR) is 131 cm³/mol. The summed E-state index contributed by atoms with van der Waals surface area (Å²) < 4.78 is 30.4. The van der Waals surface area contributed by atoms with E-state index in [1.54, 1.807) is 0 Å². The number of hydrogen-bond donors (Lipinski definition) is 0. The molecule has 0 nitrogen and oxygen atoms in total. The summed E-state index contributed by atoms with van der Waals surface area (Å²) in [5, 5.41) is 0. The van der Waals surface area contributed by atoms with Crippen molar-refractivity contribution in [1.29, 1.82) is 0 Å². The Labute approximate surface area is 196 Å². The highest BCUT2D eigenvalue weighted by Gasteiger charge is 2.37. The van der Waals surface area contributed by atoms with Crippen LogP contribution in [-0.2, 0) is 12.8 Å². The molecule has 3 aliphatic carbocycles. The summed E-state index contributed by atoms with van der Waals surface area (Å²) in [7, 11) is 0. The molecule has 0 N–H and O–H groups in total. The number of halogens is 2. The molecule has 0 saturated heterocycles. The third-order valence-electron chi connectivity index (χ3n) is 9.34. The van der Waals surface area contributed by atoms with Gasteiger partial charge in [-0.3, -0.25) is 0 Å². The van der Waals surface area contributed by atoms with Crippen molar-refractivity contribution in [3.63, 3.8) is 0 Å². The molecule has 180 valence electrons. The zero-order valence-electron chi connectivity index (χ0n) is 20.7. The molecular formula is C30H46F2. The monoisotopic (exact) mass is 444 g/mol. The van der Waals surface area contributed by atoms with Crippen molar-refractivity contribution < 1.29 is 8.78 Å². The fourth-order valence-corrected chi connectivity index (χ4v) is 7.36. The molecule has 0 radical (unpaired) electrons. The first-order valence-corrected chi connectivity index (χ1v) is 14.1. The lowest BCUT2D eigenvalue weighted by molar-refractivity contribution is 0.112. The first-order chi connectivity index (χ1) is 15.6. The summed E-state index contributed by atoms with van der Waals surface area (Å²) in [6.07, 6.45) is 20.7. The number of hydrogen-bond acceptors (Lipinski definition) is 0. The van der Waals surface area contributed by atoms with E-state index in [0.717, 1.165) is 61.8 Å². The molecule has 0 spiro atoms. The smallest absolute Gasteiger partial charge is 0.162 e. The van der Waals surface area contributed by atoms with Crippen molar-refractivity contribution in [2.75, 3.05) is 0 Å². The van der Waals surface area contributed by atoms with Crippen molar-refractivity contribution in [2.45, 2.75) is 129 Å². The van der Waals surface area contributed by atoms with Gasteiger partial charge in [-0.15, -0.1) is 0 Å². The molecule has 5 atom stereocenters. The Balaban J connectivity index is 1.37. The van der Waals surface area contributed by atoms with Gasteiger partial charge in [-0.2, -0.15) is 0 Å². The summed E-state index contributed by atoms with van der Waals surface area (Å²) >= 11 is 0. The molecule has 0 aromatic heterocycles. The van der Waals surface area contributed by atoms with E-state index < -0.39 is 11.6 Å². The van der Waals surface area contributed by atoms with Gasteiger partial charge in [-0.1, -0.05) is 77.7 Å². The normalized spacial score (nSPS) is 30.1. The molecule has 0 aliphatic heterocycles. The largest absolute Gasteiger partial charge is 0.203 e. The molecule has 3 aliphatic rings. The van der Waals surface area contributed by atoms with Crippen LogP contribution in [0.15, 0.2) is 6.07 Å². The Kier molecular flexibility index (Phi) is 8.68. The number of rotatable bonds is 9. The molecular weight excluding hydrogens is 398 g/mol. The third kappa shape index (κ3) is 5.58. The molecule has 1 aromatic carbocycles. The maximum atomic E-state index is 15.3. The summed E-state index contributed by atoms with van der Waals surface area (Å²) in [6, 6.07) is 2.09. The summed E-state index contributed by atoms with van der Waals surface area (Å²) in [6.45, 7) is 4.49. The van der Waals surface area contributed by atoms with Crippen LogP contribution in [0.25, 0.3) is 0 Å². The Morgan fingerprint density at radius 3 is 2.31 bits per heavy atom. The maximum absolute atomic E-state index is 15.3. The van der Waals surface area contributed by atoms with Crippen LogP contribution in [0.1, 0.15) is 133 Å². The van der Waals surface area contributed by atoms with Gasteiger partial charge in [-0.25, -0.2) is 8.78 Å². The molecule has 2 saturated carbocycles. The Bertz CT molecular complexity index is 739. The molecule has 2 heteroatoms. The van der Waals surface area contributed by atoms with Crippen molar-refractivity contribution in [2.24, 2.45) is 23.7 Å². The van der Waals surface area contributed by atoms with E-state index in [0.29, 0.717) is 17.0 Å². The van der Waals surface area contributed by atoms with Gasteiger partial charge in [0.15, 0.2) is 11.6 Å². The van der Waals surface area contributed by atoms with E-state index in [1.165, 1.54) is 70.6 Å². The second-order valence-corrected chi connectivity index (χ2v) is 11.5. The fourth-order valence-electron chi connectivity index (χ4n) is 7.36. The number of aryl methyl sites for hydroxylation is 1. The van der Waals surface area contributed by atoms with Crippen LogP contribution < -0.4 is 0 Å². The summed E-state index contributed by atoms with van der Waals surface area (Å²) in [4.78, 5) is 0. The van der Waals surface area contributed by atoms with Gasteiger partial charge in [0.05, 0.1) is 0 Å². The van der Waals surface area contributed by atoms with Gasteiger partial charge in [0.2, 0.25) is 0 Å². The number of benzene rings is 1. The first-order valence-electron chi connectivity index (χ1n) is 14.1. The standard InChI is InChI=1S/C30H46F2/c1-3-5-7-8-10-21-11-13-24-19-25(16-15-23(24)17-21)28-20-26-14-12-22(9-6-4-2)18-27(26)29(31)30(28)32/h20-25H,3-19H2,1-2H3. The second kappa shape index (κ2) is 11.5. The Morgan fingerprint density at radius 2 is 1.50 bits per heavy atom. The van der Waals surface area contributed by atoms with E-state index in [1.807, 2.05) is 0 Å². The second-order valence-electron chi connectivity index (χ2n) is 11.5. The highest BCUT2D eigenvalue weighted by Crippen LogP contribution is 2.49. The minimum atomic E-state index is -0.507. The molecule has 4 rings (SSSR count). The predicted octanol–water partition coefficient (Wildman–Crippen LogP) is 9.53. The maximum Gasteiger partial charge on any atom is 0.162 e. The minimum absolute atomic E-state index is 0.231. The molecule has 2 fully saturated rings. The van der Waals surface area contributed by atoms with Gasteiger partial charge in [0.1, 0.15) is 0 Å². The van der Waals surface area contributed by atoms with E-state index in [4.69, 9.17) is 0 Å². The van der Waals surface area contributed by atoms with Crippen LogP contribution >= 0.6 is 0 Å². The minimum Gasteiger partial charge on any atom is -0.203 e. The Hall–Kier alpha value is -0.920. The van der Waals surface area contributed by atoms with E-state index in [9.17, 15) is 0 Å². The third-order valence-corrected chi connectivity index (χ3v) is 9.34. The van der Waals surface area contributed by atoms with Crippen LogP contribution in [0.5, 0.6) is 0 Å². The lowest BCUT2D eigenvalue weighted by Crippen LogP contribution is -2.31. The summed E-state index contributed by atoms with van der Waals surface area (Å²) in [5.41, 5.74) is 2.54. The van der Waals surface area contributed by atoms with Gasteiger partial charge in [0, 0.05) is 0 Å². The van der Waals surface area contributed by atoms with Crippen LogP contribution in [-0.4, -0.2) is 0 Å². The first kappa shape index (κ1) is 24.2. The quantitative estimate of drug-likeness (QED) is 0.333. The fraction of sp³-hybridized carbons (Fsp3) is 0.800. The van der Waals surface area contributed by atoms with Crippen LogP contribution in [0.3, 0.4) is 0 Å². The molecule has 1 aromatic rings. The van der Waals surface area contributed by atoms with E-state index >= 15 is 8.78 Å². The van der Waals surface area contributed by atoms with Crippen molar-refractivity contribution in [3.05, 3.63) is 34.4 Å². The van der Waals surface area contributed by atoms with Crippen LogP contribution in [0.2, 0.25) is 0 Å².